The van der Waals surface area contributed by atoms with Crippen molar-refractivity contribution in [2.24, 2.45) is 0 Å². The van der Waals surface area contributed by atoms with Gasteiger partial charge < -0.3 is 20.1 Å². The van der Waals surface area contributed by atoms with Crippen LogP contribution in [0.15, 0.2) is 18.2 Å². The highest BCUT2D eigenvalue weighted by atomic mass is 35.5. The van der Waals surface area contributed by atoms with Gasteiger partial charge in [0, 0.05) is 50.1 Å². The summed E-state index contributed by atoms with van der Waals surface area (Å²) in [7, 11) is 3.17. The number of methoxy groups -OCH3 is 2. The number of amides is 1. The van der Waals surface area contributed by atoms with Crippen molar-refractivity contribution in [2.75, 3.05) is 52.3 Å². The van der Waals surface area contributed by atoms with Gasteiger partial charge >= 0.3 is 0 Å². The van der Waals surface area contributed by atoms with Crippen LogP contribution in [0.25, 0.3) is 0 Å². The molecule has 1 heterocycles. The van der Waals surface area contributed by atoms with Crippen molar-refractivity contribution >= 4 is 36.4 Å². The number of ether oxygens (including phenoxy) is 2. The van der Waals surface area contributed by atoms with Gasteiger partial charge in [0.15, 0.2) is 0 Å². The summed E-state index contributed by atoms with van der Waals surface area (Å²) in [6.07, 6.45) is 0. The number of carbonyl (C=O) groups is 1. The maximum absolute atomic E-state index is 12.0. The summed E-state index contributed by atoms with van der Waals surface area (Å²) < 4.78 is 10.4. The Hall–Kier alpha value is -1.21. The molecule has 0 bridgehead atoms. The molecule has 1 saturated heterocycles. The molecule has 0 radical (unpaired) electrons. The lowest BCUT2D eigenvalue weighted by molar-refractivity contribution is -0.117. The van der Waals surface area contributed by atoms with E-state index in [-0.39, 0.29) is 30.7 Å². The second-order valence-corrected chi connectivity index (χ2v) is 4.68. The van der Waals surface area contributed by atoms with Crippen LogP contribution in [0, 0.1) is 0 Å². The largest absolute Gasteiger partial charge is 0.497 e. The summed E-state index contributed by atoms with van der Waals surface area (Å²) in [6.45, 7) is 4.06. The van der Waals surface area contributed by atoms with E-state index in [1.807, 2.05) is 0 Å². The van der Waals surface area contributed by atoms with Crippen LogP contribution < -0.4 is 20.1 Å². The average Bonchev–Trinajstić information content (AvgIpc) is 2.47. The fraction of sp³-hybridized carbons (Fsp3) is 0.500. The normalized spacial score (nSPS) is 14.3. The maximum atomic E-state index is 12.0. The van der Waals surface area contributed by atoms with Crippen LogP contribution in [0.1, 0.15) is 0 Å². The first kappa shape index (κ1) is 20.8. The Kier molecular flexibility index (Phi) is 9.93. The van der Waals surface area contributed by atoms with Crippen molar-refractivity contribution in [3.8, 4) is 11.5 Å². The summed E-state index contributed by atoms with van der Waals surface area (Å²) in [6, 6.07) is 5.32. The third-order valence-corrected chi connectivity index (χ3v) is 3.21. The Morgan fingerprint density at radius 2 is 1.68 bits per heavy atom. The maximum Gasteiger partial charge on any atom is 0.238 e. The highest BCUT2D eigenvalue weighted by Gasteiger charge is 2.14. The second kappa shape index (κ2) is 10.5. The number of hydrogen-bond acceptors (Lipinski definition) is 5. The third kappa shape index (κ3) is 6.27. The molecule has 126 valence electrons. The van der Waals surface area contributed by atoms with E-state index in [2.05, 4.69) is 15.5 Å². The van der Waals surface area contributed by atoms with Crippen LogP contribution in [-0.4, -0.2) is 57.8 Å². The predicted octanol–water partition coefficient (Wildman–Crippen LogP) is 1.39. The Balaban J connectivity index is 0.00000220. The van der Waals surface area contributed by atoms with Crippen LogP contribution in [0.5, 0.6) is 11.5 Å². The molecule has 1 aliphatic rings. The highest BCUT2D eigenvalue weighted by Crippen LogP contribution is 2.25. The van der Waals surface area contributed by atoms with Crippen molar-refractivity contribution in [2.45, 2.75) is 0 Å². The molecule has 0 aliphatic carbocycles. The fourth-order valence-corrected chi connectivity index (χ4v) is 2.15. The number of halogens is 2. The molecule has 8 heteroatoms. The molecule has 0 unspecified atom stereocenters. The predicted molar refractivity (Wildman–Crippen MR) is 92.0 cm³/mol. The minimum absolute atomic E-state index is 0. The molecule has 0 spiro atoms. The molecular weight excluding hydrogens is 329 g/mol. The lowest BCUT2D eigenvalue weighted by Gasteiger charge is -2.26. The summed E-state index contributed by atoms with van der Waals surface area (Å²) in [5.41, 5.74) is 0.682. The number of piperazine rings is 1. The average molecular weight is 352 g/mol. The highest BCUT2D eigenvalue weighted by molar-refractivity contribution is 5.92. The molecule has 1 fully saturated rings. The third-order valence-electron chi connectivity index (χ3n) is 3.21. The Morgan fingerprint density at radius 1 is 1.14 bits per heavy atom. The SMILES string of the molecule is COc1cc(NC(=O)CN2CCNCC2)cc(OC)c1.Cl.Cl. The molecule has 2 rings (SSSR count). The second-order valence-electron chi connectivity index (χ2n) is 4.68. The van der Waals surface area contributed by atoms with E-state index in [4.69, 9.17) is 9.47 Å². The molecule has 22 heavy (non-hydrogen) atoms. The van der Waals surface area contributed by atoms with E-state index < -0.39 is 0 Å². The molecule has 6 nitrogen and oxygen atoms in total. The van der Waals surface area contributed by atoms with Crippen molar-refractivity contribution in [1.29, 1.82) is 0 Å². The van der Waals surface area contributed by atoms with E-state index in [9.17, 15) is 4.79 Å². The lowest BCUT2D eigenvalue weighted by atomic mass is 10.2. The molecule has 0 saturated carbocycles. The van der Waals surface area contributed by atoms with E-state index in [1.165, 1.54) is 0 Å². The van der Waals surface area contributed by atoms with Gasteiger partial charge in [-0.25, -0.2) is 0 Å². The summed E-state index contributed by atoms with van der Waals surface area (Å²) >= 11 is 0. The van der Waals surface area contributed by atoms with Crippen molar-refractivity contribution in [1.82, 2.24) is 10.2 Å². The Morgan fingerprint density at radius 3 is 2.18 bits per heavy atom. The van der Waals surface area contributed by atoms with Crippen LogP contribution in [0.4, 0.5) is 5.69 Å². The van der Waals surface area contributed by atoms with E-state index in [1.54, 1.807) is 32.4 Å². The number of benzene rings is 1. The Labute approximate surface area is 143 Å². The number of anilines is 1. The van der Waals surface area contributed by atoms with E-state index in [0.29, 0.717) is 23.7 Å². The molecule has 1 aromatic carbocycles. The molecule has 2 N–H and O–H groups in total. The smallest absolute Gasteiger partial charge is 0.238 e. The molecule has 1 aliphatic heterocycles. The molecular formula is C14H23Cl2N3O3. The molecule has 1 amide bonds. The van der Waals surface area contributed by atoms with Crippen LogP contribution in [-0.2, 0) is 4.79 Å². The topological polar surface area (TPSA) is 62.8 Å². The quantitative estimate of drug-likeness (QED) is 0.839. The monoisotopic (exact) mass is 351 g/mol. The first-order valence-corrected chi connectivity index (χ1v) is 6.67. The van der Waals surface area contributed by atoms with Gasteiger partial charge in [-0.05, 0) is 0 Å². The first-order chi connectivity index (χ1) is 9.71. The minimum Gasteiger partial charge on any atom is -0.497 e. The van der Waals surface area contributed by atoms with Gasteiger partial charge in [-0.3, -0.25) is 9.69 Å². The van der Waals surface area contributed by atoms with Gasteiger partial charge in [-0.15, -0.1) is 24.8 Å². The summed E-state index contributed by atoms with van der Waals surface area (Å²) in [5, 5.41) is 6.14. The number of nitrogens with one attached hydrogen (secondary N) is 2. The number of hydrogen-bond donors (Lipinski definition) is 2. The zero-order valence-electron chi connectivity index (χ0n) is 12.8. The minimum atomic E-state index is -0.0257. The van der Waals surface area contributed by atoms with Gasteiger partial charge in [-0.1, -0.05) is 0 Å². The van der Waals surface area contributed by atoms with Crippen LogP contribution in [0.3, 0.4) is 0 Å². The molecule has 0 atom stereocenters. The van der Waals surface area contributed by atoms with Gasteiger partial charge in [0.25, 0.3) is 0 Å². The van der Waals surface area contributed by atoms with Crippen molar-refractivity contribution < 1.29 is 14.3 Å². The fourth-order valence-electron chi connectivity index (χ4n) is 2.15. The van der Waals surface area contributed by atoms with E-state index in [0.717, 1.165) is 26.2 Å². The van der Waals surface area contributed by atoms with Gasteiger partial charge in [0.2, 0.25) is 5.91 Å². The van der Waals surface area contributed by atoms with E-state index >= 15 is 0 Å². The van der Waals surface area contributed by atoms with Gasteiger partial charge in [-0.2, -0.15) is 0 Å². The van der Waals surface area contributed by atoms with Gasteiger partial charge in [0.1, 0.15) is 11.5 Å². The lowest BCUT2D eigenvalue weighted by Crippen LogP contribution is -2.46. The van der Waals surface area contributed by atoms with Crippen LogP contribution >= 0.6 is 24.8 Å². The zero-order chi connectivity index (χ0) is 14.4. The first-order valence-electron chi connectivity index (χ1n) is 6.67. The number of nitrogens with zero attached hydrogens (tertiary/aromatic N) is 1. The van der Waals surface area contributed by atoms with Gasteiger partial charge in [0.05, 0.1) is 20.8 Å². The van der Waals surface area contributed by atoms with Crippen molar-refractivity contribution in [3.63, 3.8) is 0 Å². The standard InChI is InChI=1S/C14H21N3O3.2ClH/c1-19-12-7-11(8-13(9-12)20-2)16-14(18)10-17-5-3-15-4-6-17;;/h7-9,15H,3-6,10H2,1-2H3,(H,16,18);2*1H. The number of carbonyl (C=O) groups excluding carboxylic acids is 1. The number of rotatable bonds is 5. The van der Waals surface area contributed by atoms with Crippen molar-refractivity contribution in [3.05, 3.63) is 18.2 Å². The van der Waals surface area contributed by atoms with Crippen LogP contribution in [0.2, 0.25) is 0 Å². The molecule has 0 aromatic heterocycles. The Bertz CT molecular complexity index is 446. The summed E-state index contributed by atoms with van der Waals surface area (Å²) in [5.74, 6) is 1.28. The molecule has 1 aromatic rings. The zero-order valence-corrected chi connectivity index (χ0v) is 14.4. The summed E-state index contributed by atoms with van der Waals surface area (Å²) in [4.78, 5) is 14.2.